The first-order valence-corrected chi connectivity index (χ1v) is 12.1. The zero-order chi connectivity index (χ0) is 24.1. The molecule has 0 amide bonds. The van der Waals surface area contributed by atoms with Crippen molar-refractivity contribution < 1.29 is 17.6 Å². The summed E-state index contributed by atoms with van der Waals surface area (Å²) in [7, 11) is 0. The molecule has 1 aliphatic heterocycles. The molecule has 2 saturated carbocycles. The van der Waals surface area contributed by atoms with Gasteiger partial charge in [0.2, 0.25) is 0 Å². The van der Waals surface area contributed by atoms with Gasteiger partial charge in [-0.05, 0) is 67.3 Å². The third kappa shape index (κ3) is 3.25. The summed E-state index contributed by atoms with van der Waals surface area (Å²) in [6.45, 7) is 5.75. The summed E-state index contributed by atoms with van der Waals surface area (Å²) in [6.07, 6.45) is -0.894. The smallest absolute Gasteiger partial charge is 0.399 e. The molecule has 1 saturated heterocycles. The van der Waals surface area contributed by atoms with E-state index in [1.54, 1.807) is 0 Å². The van der Waals surface area contributed by atoms with E-state index in [1.165, 1.54) is 0 Å². The van der Waals surface area contributed by atoms with Crippen LogP contribution >= 0.6 is 11.6 Å². The molecule has 2 aliphatic carbocycles. The molecule has 3 N–H and O–H groups in total. The van der Waals surface area contributed by atoms with Gasteiger partial charge >= 0.3 is 6.18 Å². The predicted octanol–water partition coefficient (Wildman–Crippen LogP) is 6.49. The molecule has 3 aliphatic rings. The van der Waals surface area contributed by atoms with E-state index in [1.807, 2.05) is 24.6 Å². The van der Waals surface area contributed by atoms with Crippen LogP contribution in [-0.4, -0.2) is 22.6 Å². The lowest BCUT2D eigenvalue weighted by molar-refractivity contribution is -0.137. The van der Waals surface area contributed by atoms with E-state index < -0.39 is 28.1 Å². The zero-order valence-electron chi connectivity index (χ0n) is 18.8. The van der Waals surface area contributed by atoms with Crippen LogP contribution in [-0.2, 0) is 6.18 Å². The van der Waals surface area contributed by atoms with Gasteiger partial charge in [0.25, 0.3) is 0 Å². The molecule has 3 atom stereocenters. The molecule has 0 radical (unpaired) electrons. The first kappa shape index (κ1) is 22.2. The molecule has 2 aromatic heterocycles. The number of pyridine rings is 1. The number of rotatable bonds is 4. The van der Waals surface area contributed by atoms with Crippen molar-refractivity contribution in [3.05, 3.63) is 46.0 Å². The van der Waals surface area contributed by atoms with Crippen LogP contribution in [0.3, 0.4) is 0 Å². The summed E-state index contributed by atoms with van der Waals surface area (Å²) >= 11 is 5.98. The average molecular weight is 493 g/mol. The number of alkyl halides is 3. The molecule has 3 aromatic rings. The van der Waals surface area contributed by atoms with Crippen LogP contribution in [0.1, 0.15) is 61.4 Å². The van der Waals surface area contributed by atoms with Crippen molar-refractivity contribution in [3.63, 3.8) is 0 Å². The number of piperidine rings is 1. The predicted molar refractivity (Wildman–Crippen MR) is 125 cm³/mol. The van der Waals surface area contributed by atoms with Gasteiger partial charge in [-0.1, -0.05) is 25.4 Å². The lowest BCUT2D eigenvalue weighted by atomic mass is 9.96. The Labute approximate surface area is 199 Å². The minimum absolute atomic E-state index is 0.0250. The van der Waals surface area contributed by atoms with E-state index in [9.17, 15) is 13.2 Å². The van der Waals surface area contributed by atoms with Gasteiger partial charge < -0.3 is 15.6 Å². The maximum Gasteiger partial charge on any atom is 0.418 e. The fraction of sp³-hybridized carbons (Fsp3) is 0.480. The highest BCUT2D eigenvalue weighted by atomic mass is 35.5. The number of benzene rings is 1. The molecular formula is C25H25ClF4N4. The van der Waals surface area contributed by atoms with Gasteiger partial charge in [-0.15, -0.1) is 0 Å². The van der Waals surface area contributed by atoms with Crippen LogP contribution in [0, 0.1) is 17.7 Å². The van der Waals surface area contributed by atoms with Crippen LogP contribution in [0.15, 0.2) is 18.3 Å². The molecule has 1 unspecified atom stereocenters. The van der Waals surface area contributed by atoms with Crippen LogP contribution < -0.4 is 11.1 Å². The fourth-order valence-electron chi connectivity index (χ4n) is 5.85. The van der Waals surface area contributed by atoms with Gasteiger partial charge in [0.05, 0.1) is 21.8 Å². The number of aromatic nitrogens is 2. The Bertz CT molecular complexity index is 1320. The van der Waals surface area contributed by atoms with E-state index >= 15 is 4.39 Å². The van der Waals surface area contributed by atoms with Crippen LogP contribution in [0.5, 0.6) is 0 Å². The second-order valence-electron chi connectivity index (χ2n) is 10.2. The van der Waals surface area contributed by atoms with E-state index in [-0.39, 0.29) is 23.3 Å². The second-order valence-corrected chi connectivity index (χ2v) is 10.6. The molecule has 1 aromatic carbocycles. The molecule has 180 valence electrons. The SMILES string of the molecule is CC(C)c1nc(-c2cc(N)cc(Cl)c2C(F)(F)F)c(F)c2c1c(C1[C@H]3CNC[C@@H]13)cn2C1CC1. The van der Waals surface area contributed by atoms with Crippen LogP contribution in [0.2, 0.25) is 5.02 Å². The van der Waals surface area contributed by atoms with E-state index in [0.717, 1.165) is 49.0 Å². The molecule has 6 rings (SSSR count). The third-order valence-corrected chi connectivity index (χ3v) is 7.85. The first-order valence-electron chi connectivity index (χ1n) is 11.7. The van der Waals surface area contributed by atoms with Crippen LogP contribution in [0.25, 0.3) is 22.2 Å². The lowest BCUT2D eigenvalue weighted by Gasteiger charge is -2.19. The summed E-state index contributed by atoms with van der Waals surface area (Å²) in [5.41, 5.74) is 6.05. The number of hydrogen-bond acceptors (Lipinski definition) is 3. The Morgan fingerprint density at radius 1 is 1.18 bits per heavy atom. The Balaban J connectivity index is 1.67. The summed E-state index contributed by atoms with van der Waals surface area (Å²) in [5, 5.41) is 3.60. The molecule has 0 spiro atoms. The van der Waals surface area contributed by atoms with E-state index in [2.05, 4.69) is 10.3 Å². The van der Waals surface area contributed by atoms with Crippen LogP contribution in [0.4, 0.5) is 23.2 Å². The summed E-state index contributed by atoms with van der Waals surface area (Å²) in [6, 6.07) is 2.32. The number of nitrogens with one attached hydrogen (secondary N) is 1. The van der Waals surface area contributed by atoms with E-state index in [4.69, 9.17) is 17.3 Å². The summed E-state index contributed by atoms with van der Waals surface area (Å²) in [4.78, 5) is 4.57. The molecule has 3 heterocycles. The number of nitrogens with zero attached hydrogens (tertiary/aromatic N) is 2. The minimum atomic E-state index is -4.79. The van der Waals surface area contributed by atoms with Crippen molar-refractivity contribution in [1.82, 2.24) is 14.9 Å². The first-order chi connectivity index (χ1) is 16.1. The van der Waals surface area contributed by atoms with Gasteiger partial charge in [-0.2, -0.15) is 13.2 Å². The highest BCUT2D eigenvalue weighted by Crippen LogP contribution is 2.59. The largest absolute Gasteiger partial charge is 0.418 e. The molecule has 0 bridgehead atoms. The van der Waals surface area contributed by atoms with Gasteiger partial charge in [-0.25, -0.2) is 9.37 Å². The fourth-order valence-corrected chi connectivity index (χ4v) is 6.18. The molecule has 9 heteroatoms. The van der Waals surface area contributed by atoms with Gasteiger partial charge in [0.1, 0.15) is 5.69 Å². The average Bonchev–Trinajstić information content (AvgIpc) is 3.61. The standard InChI is InChI=1S/C25H25ClF4N4/c1-10(2)22-19-16(18-14-7-32-8-15(14)18)9-34(12-3-4-12)24(19)21(27)23(33-22)13-5-11(31)6-17(26)20(13)25(28,29)30/h5-6,9-10,12,14-15,18,32H,3-4,7-8,31H2,1-2H3/t14-,15+,18?. The maximum absolute atomic E-state index is 16.3. The van der Waals surface area contributed by atoms with Crippen molar-refractivity contribution in [2.24, 2.45) is 11.8 Å². The molecule has 34 heavy (non-hydrogen) atoms. The monoisotopic (exact) mass is 492 g/mol. The number of halogens is 5. The number of fused-ring (bicyclic) bond motifs is 2. The number of anilines is 1. The second kappa shape index (κ2) is 7.34. The zero-order valence-corrected chi connectivity index (χ0v) is 19.6. The normalized spacial score (nSPS) is 24.3. The summed E-state index contributed by atoms with van der Waals surface area (Å²) < 4.78 is 60.3. The van der Waals surface area contributed by atoms with Crippen molar-refractivity contribution >= 4 is 28.2 Å². The lowest BCUT2D eigenvalue weighted by Crippen LogP contribution is -2.14. The minimum Gasteiger partial charge on any atom is -0.399 e. The number of nitrogen functional groups attached to an aromatic ring is 1. The number of nitrogens with two attached hydrogens (primary N) is 1. The highest BCUT2D eigenvalue weighted by Gasteiger charge is 2.55. The van der Waals surface area contributed by atoms with Crippen molar-refractivity contribution in [2.75, 3.05) is 18.8 Å². The van der Waals surface area contributed by atoms with Crippen molar-refractivity contribution in [3.8, 4) is 11.3 Å². The Kier molecular flexibility index (Phi) is 4.78. The Hall–Kier alpha value is -2.32. The van der Waals surface area contributed by atoms with E-state index in [0.29, 0.717) is 29.0 Å². The molecule has 4 nitrogen and oxygen atoms in total. The number of hydrogen-bond donors (Lipinski definition) is 2. The quantitative estimate of drug-likeness (QED) is 0.323. The highest BCUT2D eigenvalue weighted by molar-refractivity contribution is 6.32. The Morgan fingerprint density at radius 3 is 2.44 bits per heavy atom. The van der Waals surface area contributed by atoms with Crippen molar-refractivity contribution in [1.29, 1.82) is 0 Å². The van der Waals surface area contributed by atoms with Gasteiger partial charge in [0.15, 0.2) is 5.82 Å². The van der Waals surface area contributed by atoms with Crippen molar-refractivity contribution in [2.45, 2.75) is 50.7 Å². The van der Waals surface area contributed by atoms with Gasteiger partial charge in [-0.3, -0.25) is 0 Å². The topological polar surface area (TPSA) is 55.9 Å². The summed E-state index contributed by atoms with van der Waals surface area (Å²) in [5.74, 6) is 0.517. The Morgan fingerprint density at radius 2 is 1.85 bits per heavy atom. The molecular weight excluding hydrogens is 468 g/mol. The molecule has 3 fully saturated rings. The third-order valence-electron chi connectivity index (χ3n) is 7.56. The maximum atomic E-state index is 16.3. The van der Waals surface area contributed by atoms with Gasteiger partial charge in [0, 0.05) is 28.9 Å².